The smallest absolute Gasteiger partial charge is 0.242 e. The van der Waals surface area contributed by atoms with E-state index in [-0.39, 0.29) is 15.6 Å². The van der Waals surface area contributed by atoms with Gasteiger partial charge in [-0.2, -0.15) is 0 Å². The molecule has 0 aliphatic rings. The van der Waals surface area contributed by atoms with E-state index in [4.69, 9.17) is 17.3 Å². The van der Waals surface area contributed by atoms with E-state index in [0.29, 0.717) is 9.48 Å². The molecule has 108 valence electrons. The molecule has 1 unspecified atom stereocenters. The van der Waals surface area contributed by atoms with Crippen LogP contribution in [-0.4, -0.2) is 13.4 Å². The van der Waals surface area contributed by atoms with Crippen LogP contribution >= 0.6 is 38.9 Å². The van der Waals surface area contributed by atoms with Gasteiger partial charge in [0.2, 0.25) is 10.0 Å². The summed E-state index contributed by atoms with van der Waals surface area (Å²) in [5, 5.41) is 2.72. The van der Waals surface area contributed by atoms with E-state index < -0.39 is 16.1 Å². The molecule has 2 rings (SSSR count). The molecule has 0 aliphatic carbocycles. The monoisotopic (exact) mass is 395 g/mol. The Morgan fingerprint density at radius 1 is 1.50 bits per heavy atom. The fourth-order valence-corrected chi connectivity index (χ4v) is 4.79. The van der Waals surface area contributed by atoms with Crippen LogP contribution < -0.4 is 10.5 Å². The van der Waals surface area contributed by atoms with Crippen molar-refractivity contribution in [2.75, 3.05) is 5.73 Å². The van der Waals surface area contributed by atoms with Gasteiger partial charge in [-0.25, -0.2) is 18.1 Å². The molecule has 3 N–H and O–H groups in total. The van der Waals surface area contributed by atoms with Gasteiger partial charge in [0.1, 0.15) is 5.01 Å². The summed E-state index contributed by atoms with van der Waals surface area (Å²) in [4.78, 5) is 4.09. The maximum atomic E-state index is 12.4. The number of sulfonamides is 1. The van der Waals surface area contributed by atoms with Crippen molar-refractivity contribution in [3.8, 4) is 0 Å². The van der Waals surface area contributed by atoms with Gasteiger partial charge in [0, 0.05) is 22.3 Å². The number of benzene rings is 1. The van der Waals surface area contributed by atoms with Crippen LogP contribution in [0.3, 0.4) is 0 Å². The lowest BCUT2D eigenvalue weighted by atomic mass is 10.3. The van der Waals surface area contributed by atoms with Gasteiger partial charge in [-0.3, -0.25) is 0 Å². The van der Waals surface area contributed by atoms with Gasteiger partial charge in [-0.05, 0) is 35.0 Å². The average molecular weight is 397 g/mol. The van der Waals surface area contributed by atoms with Crippen molar-refractivity contribution >= 4 is 54.6 Å². The van der Waals surface area contributed by atoms with Crippen molar-refractivity contribution in [3.05, 3.63) is 38.2 Å². The first-order valence-electron chi connectivity index (χ1n) is 5.47. The molecule has 1 aromatic heterocycles. The predicted octanol–water partition coefficient (Wildman–Crippen LogP) is 3.18. The number of aromatic nitrogens is 1. The third-order valence-electron chi connectivity index (χ3n) is 2.48. The van der Waals surface area contributed by atoms with Gasteiger partial charge < -0.3 is 5.73 Å². The van der Waals surface area contributed by atoms with Gasteiger partial charge in [0.25, 0.3) is 0 Å². The SMILES string of the molecule is CC(NS(=O)(=O)c1cc(Cl)cc(N)c1Br)c1nccs1. The molecular weight excluding hydrogens is 386 g/mol. The van der Waals surface area contributed by atoms with Crippen molar-refractivity contribution < 1.29 is 8.42 Å². The Balaban J connectivity index is 2.36. The van der Waals surface area contributed by atoms with Crippen molar-refractivity contribution in [2.24, 2.45) is 0 Å². The number of nitrogen functional groups attached to an aromatic ring is 1. The number of halogens is 2. The number of rotatable bonds is 4. The highest BCUT2D eigenvalue weighted by atomic mass is 79.9. The zero-order valence-corrected chi connectivity index (χ0v) is 14.3. The second kappa shape index (κ2) is 5.98. The van der Waals surface area contributed by atoms with E-state index in [0.717, 1.165) is 0 Å². The highest BCUT2D eigenvalue weighted by Crippen LogP contribution is 2.32. The van der Waals surface area contributed by atoms with E-state index in [1.54, 1.807) is 18.5 Å². The highest BCUT2D eigenvalue weighted by molar-refractivity contribution is 9.10. The molecule has 1 aromatic carbocycles. The van der Waals surface area contributed by atoms with Gasteiger partial charge in [0.15, 0.2) is 0 Å². The second-order valence-electron chi connectivity index (χ2n) is 4.02. The lowest BCUT2D eigenvalue weighted by molar-refractivity contribution is 0.566. The van der Waals surface area contributed by atoms with Crippen molar-refractivity contribution in [1.29, 1.82) is 0 Å². The molecule has 0 saturated heterocycles. The fraction of sp³-hybridized carbons (Fsp3) is 0.182. The van der Waals surface area contributed by atoms with Crippen LogP contribution in [0.15, 0.2) is 33.1 Å². The predicted molar refractivity (Wildman–Crippen MR) is 84.4 cm³/mol. The van der Waals surface area contributed by atoms with Crippen LogP contribution in [-0.2, 0) is 10.0 Å². The molecule has 1 atom stereocenters. The van der Waals surface area contributed by atoms with Crippen LogP contribution in [0.1, 0.15) is 18.0 Å². The molecule has 0 amide bonds. The van der Waals surface area contributed by atoms with Crippen LogP contribution in [0, 0.1) is 0 Å². The Morgan fingerprint density at radius 2 is 2.20 bits per heavy atom. The van der Waals surface area contributed by atoms with Gasteiger partial charge >= 0.3 is 0 Å². The zero-order valence-electron chi connectivity index (χ0n) is 10.3. The molecule has 9 heteroatoms. The Kier molecular flexibility index (Phi) is 4.70. The average Bonchev–Trinajstić information content (AvgIpc) is 2.86. The molecule has 0 fully saturated rings. The Hall–Kier alpha value is -0.670. The topological polar surface area (TPSA) is 85.1 Å². The molecule has 0 bridgehead atoms. The summed E-state index contributed by atoms with van der Waals surface area (Å²) in [6.07, 6.45) is 1.62. The number of anilines is 1. The van der Waals surface area contributed by atoms with E-state index >= 15 is 0 Å². The number of thiazole rings is 1. The van der Waals surface area contributed by atoms with E-state index in [1.165, 1.54) is 23.5 Å². The molecule has 0 spiro atoms. The standard InChI is InChI=1S/C11H11BrClN3O2S2/c1-6(11-15-2-3-19-11)16-20(17,18)9-5-7(13)4-8(14)10(9)12/h2-6,16H,14H2,1H3. The number of hydrogen-bond donors (Lipinski definition) is 2. The number of nitrogens with one attached hydrogen (secondary N) is 1. The minimum absolute atomic E-state index is 0.00547. The molecule has 2 aromatic rings. The van der Waals surface area contributed by atoms with Gasteiger partial charge in [-0.15, -0.1) is 11.3 Å². The zero-order chi connectivity index (χ0) is 14.9. The summed E-state index contributed by atoms with van der Waals surface area (Å²) < 4.78 is 27.6. The first-order valence-corrected chi connectivity index (χ1v) is 9.01. The Bertz CT molecular complexity index is 720. The minimum Gasteiger partial charge on any atom is -0.398 e. The summed E-state index contributed by atoms with van der Waals surface area (Å²) >= 11 is 10.4. The Morgan fingerprint density at radius 3 is 2.80 bits per heavy atom. The lowest BCUT2D eigenvalue weighted by Crippen LogP contribution is -2.27. The quantitative estimate of drug-likeness (QED) is 0.777. The van der Waals surface area contributed by atoms with Crippen molar-refractivity contribution in [1.82, 2.24) is 9.71 Å². The maximum Gasteiger partial charge on any atom is 0.242 e. The van der Waals surface area contributed by atoms with Gasteiger partial charge in [0.05, 0.1) is 15.4 Å². The highest BCUT2D eigenvalue weighted by Gasteiger charge is 2.23. The summed E-state index contributed by atoms with van der Waals surface area (Å²) in [5.41, 5.74) is 5.97. The molecule has 20 heavy (non-hydrogen) atoms. The van der Waals surface area contributed by atoms with E-state index in [9.17, 15) is 8.42 Å². The summed E-state index contributed by atoms with van der Waals surface area (Å²) in [5.74, 6) is 0. The van der Waals surface area contributed by atoms with E-state index in [2.05, 4.69) is 25.6 Å². The third kappa shape index (κ3) is 3.32. The Labute approximate surface area is 134 Å². The third-order valence-corrected chi connectivity index (χ3v) is 6.36. The fourth-order valence-electron chi connectivity index (χ4n) is 1.57. The normalized spacial score (nSPS) is 13.3. The first-order chi connectivity index (χ1) is 9.31. The van der Waals surface area contributed by atoms with Crippen molar-refractivity contribution in [2.45, 2.75) is 17.9 Å². The van der Waals surface area contributed by atoms with Crippen molar-refractivity contribution in [3.63, 3.8) is 0 Å². The minimum atomic E-state index is -3.76. The molecule has 0 radical (unpaired) electrons. The van der Waals surface area contributed by atoms with Gasteiger partial charge in [-0.1, -0.05) is 11.6 Å². The van der Waals surface area contributed by atoms with Crippen LogP contribution in [0.4, 0.5) is 5.69 Å². The van der Waals surface area contributed by atoms with Crippen LogP contribution in [0.2, 0.25) is 5.02 Å². The maximum absolute atomic E-state index is 12.4. The number of nitrogens with zero attached hydrogens (tertiary/aromatic N) is 1. The number of hydrogen-bond acceptors (Lipinski definition) is 5. The number of nitrogens with two attached hydrogens (primary N) is 1. The first kappa shape index (κ1) is 15.7. The second-order valence-corrected chi connectivity index (χ2v) is 7.86. The largest absolute Gasteiger partial charge is 0.398 e. The molecule has 0 saturated carbocycles. The molecular formula is C11H11BrClN3O2S2. The summed E-state index contributed by atoms with van der Waals surface area (Å²) in [6.45, 7) is 1.72. The van der Waals surface area contributed by atoms with Crippen LogP contribution in [0.5, 0.6) is 0 Å². The molecule has 0 aliphatic heterocycles. The molecule has 5 nitrogen and oxygen atoms in total. The van der Waals surface area contributed by atoms with Crippen LogP contribution in [0.25, 0.3) is 0 Å². The van der Waals surface area contributed by atoms with E-state index in [1.807, 2.05) is 0 Å². The lowest BCUT2D eigenvalue weighted by Gasteiger charge is -2.14. The molecule has 1 heterocycles. The summed E-state index contributed by atoms with van der Waals surface area (Å²) in [7, 11) is -3.76. The summed E-state index contributed by atoms with van der Waals surface area (Å²) in [6, 6.07) is 2.39.